The molecule has 0 aliphatic carbocycles. The summed E-state index contributed by atoms with van der Waals surface area (Å²) in [5.74, 6) is 0.300. The first-order chi connectivity index (χ1) is 12.0. The maximum absolute atomic E-state index is 10.9. The molecule has 0 aliphatic heterocycles. The normalized spacial score (nSPS) is 10.7. The Bertz CT molecular complexity index is 896. The molecule has 0 spiro atoms. The van der Waals surface area contributed by atoms with Gasteiger partial charge in [0.05, 0.1) is 28.4 Å². The average molecular weight is 378 g/mol. The van der Waals surface area contributed by atoms with E-state index in [0.717, 1.165) is 0 Å². The molecule has 1 heterocycles. The summed E-state index contributed by atoms with van der Waals surface area (Å²) in [7, 11) is 0. The lowest BCUT2D eigenvalue weighted by atomic mass is 10.1. The molecular formula is C18H13Cl2NO4. The number of aromatic nitrogens is 1. The van der Waals surface area contributed by atoms with Crippen molar-refractivity contribution in [3.63, 3.8) is 0 Å². The fourth-order valence-corrected chi connectivity index (χ4v) is 2.88. The van der Waals surface area contributed by atoms with Gasteiger partial charge < -0.3 is 14.3 Å². The molecule has 0 unspecified atom stereocenters. The smallest absolute Gasteiger partial charge is 0.335 e. The number of rotatable bonds is 5. The molecule has 5 nitrogen and oxygen atoms in total. The van der Waals surface area contributed by atoms with Crippen LogP contribution in [0.2, 0.25) is 10.0 Å². The van der Waals surface area contributed by atoms with E-state index in [4.69, 9.17) is 37.5 Å². The molecule has 0 atom stereocenters. The topological polar surface area (TPSA) is 72.6 Å². The number of hydrogen-bond donors (Lipinski definition) is 1. The first-order valence-electron chi connectivity index (χ1n) is 7.41. The number of benzene rings is 2. The summed E-state index contributed by atoms with van der Waals surface area (Å²) >= 11 is 12.4. The van der Waals surface area contributed by atoms with E-state index in [2.05, 4.69) is 4.98 Å². The molecule has 1 aromatic heterocycles. The second-order valence-corrected chi connectivity index (χ2v) is 5.93. The summed E-state index contributed by atoms with van der Waals surface area (Å²) in [5.41, 5.74) is 1.53. The van der Waals surface area contributed by atoms with Gasteiger partial charge in [-0.2, -0.15) is 0 Å². The molecular weight excluding hydrogens is 365 g/mol. The zero-order valence-corrected chi connectivity index (χ0v) is 14.6. The van der Waals surface area contributed by atoms with Crippen molar-refractivity contribution in [1.29, 1.82) is 0 Å². The van der Waals surface area contributed by atoms with E-state index in [1.807, 2.05) is 6.92 Å². The Labute approximate surface area is 153 Å². The molecule has 0 fully saturated rings. The predicted octanol–water partition coefficient (Wildman–Crippen LogP) is 5.41. The number of hydrogen-bond acceptors (Lipinski definition) is 4. The van der Waals surface area contributed by atoms with Crippen LogP contribution in [0.25, 0.3) is 22.8 Å². The standard InChI is InChI=1S/C18H13Cl2NO4/c1-2-24-16-13(19)7-12(8-14(16)20)15-9-21-17(25-15)10-3-5-11(6-4-10)18(22)23/h3-9H,2H2,1H3,(H,22,23). The molecule has 0 amide bonds. The van der Waals surface area contributed by atoms with Crippen LogP contribution in [-0.2, 0) is 0 Å². The van der Waals surface area contributed by atoms with Gasteiger partial charge in [-0.15, -0.1) is 0 Å². The van der Waals surface area contributed by atoms with E-state index in [0.29, 0.717) is 45.2 Å². The van der Waals surface area contributed by atoms with Gasteiger partial charge in [0.1, 0.15) is 0 Å². The third kappa shape index (κ3) is 3.62. The second-order valence-electron chi connectivity index (χ2n) is 5.11. The Balaban J connectivity index is 1.92. The van der Waals surface area contributed by atoms with Gasteiger partial charge in [-0.25, -0.2) is 9.78 Å². The van der Waals surface area contributed by atoms with Crippen molar-refractivity contribution in [3.8, 4) is 28.5 Å². The largest absolute Gasteiger partial charge is 0.491 e. The number of oxazole rings is 1. The summed E-state index contributed by atoms with van der Waals surface area (Å²) in [4.78, 5) is 15.1. The summed E-state index contributed by atoms with van der Waals surface area (Å²) in [6.07, 6.45) is 1.56. The lowest BCUT2D eigenvalue weighted by molar-refractivity contribution is 0.0697. The highest BCUT2D eigenvalue weighted by molar-refractivity contribution is 6.37. The van der Waals surface area contributed by atoms with Crippen LogP contribution in [0.5, 0.6) is 5.75 Å². The van der Waals surface area contributed by atoms with Gasteiger partial charge in [0, 0.05) is 11.1 Å². The predicted molar refractivity (Wildman–Crippen MR) is 95.5 cm³/mol. The average Bonchev–Trinajstić information content (AvgIpc) is 3.08. The maximum Gasteiger partial charge on any atom is 0.335 e. The van der Waals surface area contributed by atoms with Crippen molar-refractivity contribution >= 4 is 29.2 Å². The lowest BCUT2D eigenvalue weighted by Crippen LogP contribution is -1.94. The number of ether oxygens (including phenoxy) is 1. The van der Waals surface area contributed by atoms with Crippen LogP contribution in [0, 0.1) is 0 Å². The maximum atomic E-state index is 10.9. The van der Waals surface area contributed by atoms with E-state index in [-0.39, 0.29) is 5.56 Å². The highest BCUT2D eigenvalue weighted by Gasteiger charge is 2.14. The second kappa shape index (κ2) is 7.17. The van der Waals surface area contributed by atoms with Crippen LogP contribution in [0.15, 0.2) is 47.0 Å². The number of halogens is 2. The molecule has 1 N–H and O–H groups in total. The van der Waals surface area contributed by atoms with Crippen molar-refractivity contribution in [2.75, 3.05) is 6.61 Å². The van der Waals surface area contributed by atoms with Crippen molar-refractivity contribution < 1.29 is 19.1 Å². The fourth-order valence-electron chi connectivity index (χ4n) is 2.28. The molecule has 25 heavy (non-hydrogen) atoms. The van der Waals surface area contributed by atoms with Crippen LogP contribution in [-0.4, -0.2) is 22.7 Å². The van der Waals surface area contributed by atoms with Crippen LogP contribution in [0.4, 0.5) is 0 Å². The Morgan fingerprint density at radius 1 is 1.16 bits per heavy atom. The molecule has 0 aliphatic rings. The number of carboxylic acids is 1. The Kier molecular flexibility index (Phi) is 4.97. The quantitative estimate of drug-likeness (QED) is 0.643. The van der Waals surface area contributed by atoms with Gasteiger partial charge >= 0.3 is 5.97 Å². The first-order valence-corrected chi connectivity index (χ1v) is 8.17. The summed E-state index contributed by atoms with van der Waals surface area (Å²) in [6.45, 7) is 2.30. The van der Waals surface area contributed by atoms with Crippen molar-refractivity contribution in [1.82, 2.24) is 4.98 Å². The number of carbonyl (C=O) groups is 1. The minimum Gasteiger partial charge on any atom is -0.491 e. The van der Waals surface area contributed by atoms with Gasteiger partial charge in [-0.05, 0) is 43.3 Å². The molecule has 3 aromatic rings. The highest BCUT2D eigenvalue weighted by Crippen LogP contribution is 2.38. The summed E-state index contributed by atoms with van der Waals surface area (Å²) < 4.78 is 11.2. The molecule has 7 heteroatoms. The Morgan fingerprint density at radius 3 is 2.36 bits per heavy atom. The van der Waals surface area contributed by atoms with E-state index in [1.165, 1.54) is 12.1 Å². The van der Waals surface area contributed by atoms with Crippen LogP contribution in [0.3, 0.4) is 0 Å². The monoisotopic (exact) mass is 377 g/mol. The molecule has 0 radical (unpaired) electrons. The summed E-state index contributed by atoms with van der Waals surface area (Å²) in [5, 5.41) is 9.70. The Hall–Kier alpha value is -2.50. The Morgan fingerprint density at radius 2 is 1.80 bits per heavy atom. The molecule has 3 rings (SSSR count). The molecule has 0 saturated heterocycles. The fraction of sp³-hybridized carbons (Fsp3) is 0.111. The first kappa shape index (κ1) is 17.3. The number of nitrogens with zero attached hydrogens (tertiary/aromatic N) is 1. The van der Waals surface area contributed by atoms with Crippen molar-refractivity contribution in [3.05, 3.63) is 58.2 Å². The van der Waals surface area contributed by atoms with E-state index in [9.17, 15) is 4.79 Å². The van der Waals surface area contributed by atoms with Gasteiger partial charge in [-0.1, -0.05) is 23.2 Å². The van der Waals surface area contributed by atoms with Crippen LogP contribution < -0.4 is 4.74 Å². The third-order valence-electron chi connectivity index (χ3n) is 3.46. The van der Waals surface area contributed by atoms with E-state index in [1.54, 1.807) is 30.5 Å². The lowest BCUT2D eigenvalue weighted by Gasteiger charge is -2.09. The molecule has 0 saturated carbocycles. The van der Waals surface area contributed by atoms with Gasteiger partial charge in [0.2, 0.25) is 5.89 Å². The van der Waals surface area contributed by atoms with Gasteiger partial charge in [0.25, 0.3) is 0 Å². The zero-order chi connectivity index (χ0) is 18.0. The highest BCUT2D eigenvalue weighted by atomic mass is 35.5. The van der Waals surface area contributed by atoms with Crippen molar-refractivity contribution in [2.45, 2.75) is 6.92 Å². The molecule has 2 aromatic carbocycles. The van der Waals surface area contributed by atoms with Crippen LogP contribution in [0.1, 0.15) is 17.3 Å². The van der Waals surface area contributed by atoms with Gasteiger partial charge in [0.15, 0.2) is 11.5 Å². The SMILES string of the molecule is CCOc1c(Cl)cc(-c2cnc(-c3ccc(C(=O)O)cc3)o2)cc1Cl. The van der Waals surface area contributed by atoms with Gasteiger partial charge in [-0.3, -0.25) is 0 Å². The number of carboxylic acid groups (broad SMARTS) is 1. The molecule has 128 valence electrons. The van der Waals surface area contributed by atoms with Crippen molar-refractivity contribution in [2.24, 2.45) is 0 Å². The third-order valence-corrected chi connectivity index (χ3v) is 4.02. The van der Waals surface area contributed by atoms with E-state index >= 15 is 0 Å². The number of aromatic carboxylic acids is 1. The zero-order valence-electron chi connectivity index (χ0n) is 13.1. The minimum atomic E-state index is -0.988. The van der Waals surface area contributed by atoms with E-state index < -0.39 is 5.97 Å². The minimum absolute atomic E-state index is 0.195. The summed E-state index contributed by atoms with van der Waals surface area (Å²) in [6, 6.07) is 9.64. The molecule has 0 bridgehead atoms. The van der Waals surface area contributed by atoms with Crippen LogP contribution >= 0.6 is 23.2 Å².